The van der Waals surface area contributed by atoms with E-state index in [2.05, 4.69) is 5.32 Å². The monoisotopic (exact) mass is 247 g/mol. The number of hydrogen-bond acceptors (Lipinski definition) is 2. The van der Waals surface area contributed by atoms with Crippen molar-refractivity contribution in [3.63, 3.8) is 0 Å². The summed E-state index contributed by atoms with van der Waals surface area (Å²) in [6.45, 7) is 4.44. The summed E-state index contributed by atoms with van der Waals surface area (Å²) >= 11 is 0. The van der Waals surface area contributed by atoms with E-state index in [1.165, 1.54) is 6.08 Å². The molecule has 1 aromatic rings. The van der Waals surface area contributed by atoms with Gasteiger partial charge in [-0.2, -0.15) is 0 Å². The van der Waals surface area contributed by atoms with Crippen molar-refractivity contribution in [1.82, 2.24) is 5.32 Å². The van der Waals surface area contributed by atoms with Crippen LogP contribution in [0.25, 0.3) is 6.08 Å². The number of amides is 1. The van der Waals surface area contributed by atoms with Gasteiger partial charge in [0, 0.05) is 12.6 Å². The number of aliphatic hydroxyl groups is 1. The van der Waals surface area contributed by atoms with E-state index in [0.717, 1.165) is 17.5 Å². The summed E-state index contributed by atoms with van der Waals surface area (Å²) in [7, 11) is 0. The fraction of sp³-hybridized carbons (Fsp3) is 0.400. The maximum Gasteiger partial charge on any atom is 0.244 e. The SMILES string of the molecule is CCC(O)CCNC(=O)/C=C/c1ccccc1C. The minimum absolute atomic E-state index is 0.124. The highest BCUT2D eigenvalue weighted by molar-refractivity contribution is 5.91. The van der Waals surface area contributed by atoms with Gasteiger partial charge in [0.25, 0.3) is 0 Å². The molecule has 1 atom stereocenters. The zero-order valence-electron chi connectivity index (χ0n) is 11.0. The third-order valence-electron chi connectivity index (χ3n) is 2.85. The highest BCUT2D eigenvalue weighted by Gasteiger charge is 2.01. The predicted molar refractivity (Wildman–Crippen MR) is 74.1 cm³/mol. The molecule has 0 radical (unpaired) electrons. The van der Waals surface area contributed by atoms with Gasteiger partial charge in [0.05, 0.1) is 6.10 Å². The Morgan fingerprint density at radius 1 is 1.44 bits per heavy atom. The van der Waals surface area contributed by atoms with Crippen LogP contribution in [-0.4, -0.2) is 23.7 Å². The Bertz CT molecular complexity index is 413. The van der Waals surface area contributed by atoms with Crippen LogP contribution in [0.15, 0.2) is 30.3 Å². The number of hydrogen-bond donors (Lipinski definition) is 2. The normalized spacial score (nSPS) is 12.6. The second-order valence-corrected chi connectivity index (χ2v) is 4.33. The molecule has 2 N–H and O–H groups in total. The molecule has 1 unspecified atom stereocenters. The molecule has 0 spiro atoms. The van der Waals surface area contributed by atoms with Crippen molar-refractivity contribution in [2.75, 3.05) is 6.54 Å². The third kappa shape index (κ3) is 5.15. The zero-order chi connectivity index (χ0) is 13.4. The molecule has 18 heavy (non-hydrogen) atoms. The van der Waals surface area contributed by atoms with Gasteiger partial charge in [-0.05, 0) is 37.0 Å². The van der Waals surface area contributed by atoms with Crippen molar-refractivity contribution >= 4 is 12.0 Å². The van der Waals surface area contributed by atoms with Crippen LogP contribution in [-0.2, 0) is 4.79 Å². The van der Waals surface area contributed by atoms with Gasteiger partial charge in [0.2, 0.25) is 5.91 Å². The van der Waals surface area contributed by atoms with Gasteiger partial charge in [-0.25, -0.2) is 0 Å². The van der Waals surface area contributed by atoms with Crippen molar-refractivity contribution in [2.45, 2.75) is 32.8 Å². The minimum atomic E-state index is -0.328. The minimum Gasteiger partial charge on any atom is -0.393 e. The van der Waals surface area contributed by atoms with E-state index in [9.17, 15) is 9.90 Å². The molecule has 3 heteroatoms. The molecule has 0 aliphatic heterocycles. The predicted octanol–water partition coefficient (Wildman–Crippen LogP) is 2.29. The summed E-state index contributed by atoms with van der Waals surface area (Å²) in [5.41, 5.74) is 2.18. The first-order valence-electron chi connectivity index (χ1n) is 6.33. The summed E-state index contributed by atoms with van der Waals surface area (Å²) < 4.78 is 0. The Labute approximate surface area is 109 Å². The van der Waals surface area contributed by atoms with Crippen LogP contribution in [0.2, 0.25) is 0 Å². The maximum atomic E-state index is 11.5. The van der Waals surface area contributed by atoms with Crippen molar-refractivity contribution < 1.29 is 9.90 Å². The van der Waals surface area contributed by atoms with Crippen molar-refractivity contribution in [1.29, 1.82) is 0 Å². The van der Waals surface area contributed by atoms with Gasteiger partial charge in [-0.15, -0.1) is 0 Å². The molecule has 1 aromatic carbocycles. The molecule has 0 saturated carbocycles. The lowest BCUT2D eigenvalue weighted by molar-refractivity contribution is -0.116. The Balaban J connectivity index is 2.38. The van der Waals surface area contributed by atoms with E-state index in [-0.39, 0.29) is 12.0 Å². The van der Waals surface area contributed by atoms with Crippen molar-refractivity contribution in [3.05, 3.63) is 41.5 Å². The van der Waals surface area contributed by atoms with Crippen molar-refractivity contribution in [3.8, 4) is 0 Å². The second-order valence-electron chi connectivity index (χ2n) is 4.33. The smallest absolute Gasteiger partial charge is 0.244 e. The largest absolute Gasteiger partial charge is 0.393 e. The van der Waals surface area contributed by atoms with Crippen LogP contribution in [0.5, 0.6) is 0 Å². The van der Waals surface area contributed by atoms with Crippen LogP contribution in [0.1, 0.15) is 30.9 Å². The lowest BCUT2D eigenvalue weighted by Gasteiger charge is -2.07. The van der Waals surface area contributed by atoms with E-state index < -0.39 is 0 Å². The number of rotatable bonds is 6. The summed E-state index contributed by atoms with van der Waals surface area (Å²) in [5.74, 6) is -0.124. The number of aliphatic hydroxyl groups excluding tert-OH is 1. The fourth-order valence-electron chi connectivity index (χ4n) is 1.56. The molecular weight excluding hydrogens is 226 g/mol. The highest BCUT2D eigenvalue weighted by Crippen LogP contribution is 2.08. The fourth-order valence-corrected chi connectivity index (χ4v) is 1.56. The molecule has 0 heterocycles. The summed E-state index contributed by atoms with van der Waals surface area (Å²) in [4.78, 5) is 11.5. The molecule has 3 nitrogen and oxygen atoms in total. The van der Waals surface area contributed by atoms with Gasteiger partial charge in [-0.3, -0.25) is 4.79 Å². The molecule has 1 amide bonds. The summed E-state index contributed by atoms with van der Waals surface area (Å²) in [6.07, 6.45) is 4.32. The number of carbonyl (C=O) groups is 1. The van der Waals surface area contributed by atoms with E-state index in [0.29, 0.717) is 13.0 Å². The Kier molecular flexibility index (Phi) is 6.15. The molecule has 0 aliphatic rings. The average Bonchev–Trinajstić information content (AvgIpc) is 2.37. The first-order chi connectivity index (χ1) is 8.63. The zero-order valence-corrected chi connectivity index (χ0v) is 11.0. The Morgan fingerprint density at radius 3 is 2.83 bits per heavy atom. The van der Waals surface area contributed by atoms with E-state index >= 15 is 0 Å². The van der Waals surface area contributed by atoms with Gasteiger partial charge in [-0.1, -0.05) is 31.2 Å². The van der Waals surface area contributed by atoms with Crippen molar-refractivity contribution in [2.24, 2.45) is 0 Å². The standard InChI is InChI=1S/C15H21NO2/c1-3-14(17)10-11-16-15(18)9-8-13-7-5-4-6-12(13)2/h4-9,14,17H,3,10-11H2,1-2H3,(H,16,18)/b9-8+. The van der Waals surface area contributed by atoms with Gasteiger partial charge in [0.15, 0.2) is 0 Å². The summed E-state index contributed by atoms with van der Waals surface area (Å²) in [6, 6.07) is 7.90. The first kappa shape index (κ1) is 14.5. The Morgan fingerprint density at radius 2 is 2.17 bits per heavy atom. The average molecular weight is 247 g/mol. The lowest BCUT2D eigenvalue weighted by Crippen LogP contribution is -2.25. The van der Waals surface area contributed by atoms with Crippen LogP contribution in [0.4, 0.5) is 0 Å². The lowest BCUT2D eigenvalue weighted by atomic mass is 10.1. The summed E-state index contributed by atoms with van der Waals surface area (Å²) in [5, 5.41) is 12.1. The molecular formula is C15H21NO2. The van der Waals surface area contributed by atoms with Gasteiger partial charge < -0.3 is 10.4 Å². The van der Waals surface area contributed by atoms with E-state index in [4.69, 9.17) is 0 Å². The highest BCUT2D eigenvalue weighted by atomic mass is 16.3. The van der Waals surface area contributed by atoms with Gasteiger partial charge in [0.1, 0.15) is 0 Å². The molecule has 1 rings (SSSR count). The molecule has 0 saturated heterocycles. The quantitative estimate of drug-likeness (QED) is 0.758. The number of nitrogens with one attached hydrogen (secondary N) is 1. The maximum absolute atomic E-state index is 11.5. The Hall–Kier alpha value is -1.61. The van der Waals surface area contributed by atoms with Crippen LogP contribution in [0.3, 0.4) is 0 Å². The number of aryl methyl sites for hydroxylation is 1. The van der Waals surface area contributed by atoms with Crippen LogP contribution >= 0.6 is 0 Å². The molecule has 0 bridgehead atoms. The number of benzene rings is 1. The van der Waals surface area contributed by atoms with Crippen LogP contribution < -0.4 is 5.32 Å². The second kappa shape index (κ2) is 7.67. The van der Waals surface area contributed by atoms with E-state index in [1.807, 2.05) is 38.1 Å². The molecule has 0 aliphatic carbocycles. The first-order valence-corrected chi connectivity index (χ1v) is 6.33. The third-order valence-corrected chi connectivity index (χ3v) is 2.85. The van der Waals surface area contributed by atoms with E-state index in [1.54, 1.807) is 6.08 Å². The van der Waals surface area contributed by atoms with Gasteiger partial charge >= 0.3 is 0 Å². The topological polar surface area (TPSA) is 49.3 Å². The van der Waals surface area contributed by atoms with Crippen LogP contribution in [0, 0.1) is 6.92 Å². The molecule has 0 fully saturated rings. The molecule has 98 valence electrons. The molecule has 0 aromatic heterocycles. The number of carbonyl (C=O) groups excluding carboxylic acids is 1.